The Balaban J connectivity index is 1.05. The summed E-state index contributed by atoms with van der Waals surface area (Å²) < 4.78 is 9.22. The summed E-state index contributed by atoms with van der Waals surface area (Å²) in [4.78, 5) is 2.30. The van der Waals surface area contributed by atoms with Crippen molar-refractivity contribution in [3.05, 3.63) is 182 Å². The van der Waals surface area contributed by atoms with Gasteiger partial charge >= 0.3 is 0 Å². The van der Waals surface area contributed by atoms with E-state index in [-0.39, 0.29) is 0 Å². The SMILES string of the molecule is c1ccc(N(c2ccccc2)c2ccc(-c3ccc(-n4c5ccc6ccc7cccc8c9cc%10c%11ccccc%11oc%10c4c9c5c6c78)cc3)cc2)cc1. The van der Waals surface area contributed by atoms with Crippen LogP contribution in [0.3, 0.4) is 0 Å². The van der Waals surface area contributed by atoms with E-state index in [1.165, 1.54) is 59.7 Å². The molecule has 2 heterocycles. The largest absolute Gasteiger partial charge is 0.454 e. The van der Waals surface area contributed by atoms with Crippen LogP contribution in [0.2, 0.25) is 0 Å². The molecule has 2 aromatic heterocycles. The van der Waals surface area contributed by atoms with Gasteiger partial charge in [-0.15, -0.1) is 0 Å². The third-order valence-corrected chi connectivity index (χ3v) is 11.3. The number of hydrogen-bond acceptors (Lipinski definition) is 2. The quantitative estimate of drug-likeness (QED) is 0.134. The van der Waals surface area contributed by atoms with Crippen LogP contribution in [0.1, 0.15) is 0 Å². The van der Waals surface area contributed by atoms with Crippen molar-refractivity contribution in [1.29, 1.82) is 0 Å². The van der Waals surface area contributed by atoms with Gasteiger partial charge in [0.15, 0.2) is 5.58 Å². The number of fused-ring (bicyclic) bond motifs is 5. The standard InChI is InChI=1S/C50H30N2O/c1-3-11-35(12-4-1)51(36-13-5-2-6-14-36)37-25-20-31(21-26-37)32-22-27-38(28-23-32)52-43-29-24-34-19-18-33-10-9-16-40-41-30-42-39-15-7-8-17-44(39)53-50(42)49(52)47(41)48(43)46(34)45(33)40/h1-30H. The predicted octanol–water partition coefficient (Wildman–Crippen LogP) is 14.2. The van der Waals surface area contributed by atoms with Crippen LogP contribution in [0.25, 0.3) is 92.9 Å². The summed E-state index contributed by atoms with van der Waals surface area (Å²) in [6.45, 7) is 0. The molecule has 0 spiro atoms. The minimum Gasteiger partial charge on any atom is -0.454 e. The highest BCUT2D eigenvalue weighted by atomic mass is 16.3. The average Bonchev–Trinajstić information content (AvgIpc) is 3.78. The molecular weight excluding hydrogens is 645 g/mol. The molecule has 53 heavy (non-hydrogen) atoms. The fraction of sp³-hybridized carbons (Fsp3) is 0. The van der Waals surface area contributed by atoms with Crippen LogP contribution in [-0.4, -0.2) is 4.57 Å². The van der Waals surface area contributed by atoms with E-state index < -0.39 is 0 Å². The number of rotatable bonds is 5. The molecule has 0 unspecified atom stereocenters. The predicted molar refractivity (Wildman–Crippen MR) is 223 cm³/mol. The molecule has 10 aromatic carbocycles. The third kappa shape index (κ3) is 3.99. The minimum absolute atomic E-state index is 0.912. The minimum atomic E-state index is 0.912. The number of furan rings is 1. The van der Waals surface area contributed by atoms with Crippen molar-refractivity contribution >= 4 is 93.1 Å². The van der Waals surface area contributed by atoms with Gasteiger partial charge in [0.1, 0.15) is 5.58 Å². The monoisotopic (exact) mass is 674 g/mol. The van der Waals surface area contributed by atoms with E-state index in [1.807, 2.05) is 0 Å². The van der Waals surface area contributed by atoms with Crippen molar-refractivity contribution < 1.29 is 4.42 Å². The number of anilines is 3. The smallest absolute Gasteiger partial charge is 0.160 e. The van der Waals surface area contributed by atoms with E-state index >= 15 is 0 Å². The Morgan fingerprint density at radius 3 is 1.74 bits per heavy atom. The molecule has 246 valence electrons. The van der Waals surface area contributed by atoms with E-state index in [1.54, 1.807) is 0 Å². The van der Waals surface area contributed by atoms with Gasteiger partial charge in [-0.2, -0.15) is 0 Å². The zero-order chi connectivity index (χ0) is 34.6. The molecule has 0 N–H and O–H groups in total. The third-order valence-electron chi connectivity index (χ3n) is 11.3. The van der Waals surface area contributed by atoms with Gasteiger partial charge in [-0.25, -0.2) is 0 Å². The Labute approximate surface area is 304 Å². The lowest BCUT2D eigenvalue weighted by Crippen LogP contribution is -2.09. The summed E-state index contributed by atoms with van der Waals surface area (Å²) in [5.74, 6) is 0. The molecule has 0 atom stereocenters. The van der Waals surface area contributed by atoms with Gasteiger partial charge in [0, 0.05) is 49.7 Å². The van der Waals surface area contributed by atoms with Gasteiger partial charge in [0.2, 0.25) is 0 Å². The zero-order valence-electron chi connectivity index (χ0n) is 28.6. The van der Waals surface area contributed by atoms with Gasteiger partial charge < -0.3 is 13.9 Å². The maximum atomic E-state index is 6.78. The Bertz CT molecular complexity index is 3260. The van der Waals surface area contributed by atoms with Crippen molar-refractivity contribution in [2.24, 2.45) is 0 Å². The van der Waals surface area contributed by atoms with Crippen LogP contribution in [-0.2, 0) is 0 Å². The van der Waals surface area contributed by atoms with Gasteiger partial charge in [-0.05, 0) is 105 Å². The first kappa shape index (κ1) is 28.6. The summed E-state index contributed by atoms with van der Waals surface area (Å²) in [7, 11) is 0. The molecule has 0 amide bonds. The molecule has 3 heteroatoms. The molecule has 0 radical (unpaired) electrons. The number of hydrogen-bond donors (Lipinski definition) is 0. The Morgan fingerprint density at radius 2 is 1.00 bits per heavy atom. The molecule has 12 aromatic rings. The summed E-state index contributed by atoms with van der Waals surface area (Å²) in [5, 5.41) is 12.6. The molecule has 0 fully saturated rings. The molecule has 0 bridgehead atoms. The van der Waals surface area contributed by atoms with Crippen LogP contribution in [0.5, 0.6) is 0 Å². The summed E-state index contributed by atoms with van der Waals surface area (Å²) in [5.41, 5.74) is 11.0. The highest BCUT2D eigenvalue weighted by Crippen LogP contribution is 2.50. The summed E-state index contributed by atoms with van der Waals surface area (Å²) in [6, 6.07) is 65.7. The maximum Gasteiger partial charge on any atom is 0.160 e. The van der Waals surface area contributed by atoms with E-state index in [2.05, 4.69) is 191 Å². The van der Waals surface area contributed by atoms with E-state index in [9.17, 15) is 0 Å². The van der Waals surface area contributed by atoms with Crippen LogP contribution < -0.4 is 4.90 Å². The van der Waals surface area contributed by atoms with Gasteiger partial charge in [0.25, 0.3) is 0 Å². The first-order chi connectivity index (χ1) is 26.3. The number of nitrogens with zero attached hydrogens (tertiary/aromatic N) is 2. The normalized spacial score (nSPS) is 12.2. The highest BCUT2D eigenvalue weighted by molar-refractivity contribution is 6.43. The molecule has 0 aliphatic rings. The first-order valence-corrected chi connectivity index (χ1v) is 18.2. The van der Waals surface area contributed by atoms with Crippen LogP contribution in [0, 0.1) is 0 Å². The first-order valence-electron chi connectivity index (χ1n) is 18.2. The van der Waals surface area contributed by atoms with Crippen LogP contribution in [0.15, 0.2) is 186 Å². The molecule has 0 aliphatic carbocycles. The van der Waals surface area contributed by atoms with Gasteiger partial charge in [0.05, 0.1) is 11.0 Å². The molecule has 3 nitrogen and oxygen atoms in total. The molecular formula is C50H30N2O. The van der Waals surface area contributed by atoms with Crippen molar-refractivity contribution in [2.45, 2.75) is 0 Å². The van der Waals surface area contributed by atoms with E-state index in [4.69, 9.17) is 4.42 Å². The number of benzene rings is 10. The number of para-hydroxylation sites is 3. The van der Waals surface area contributed by atoms with Crippen LogP contribution in [0.4, 0.5) is 17.1 Å². The van der Waals surface area contributed by atoms with E-state index in [0.717, 1.165) is 50.2 Å². The number of aromatic nitrogens is 1. The van der Waals surface area contributed by atoms with Gasteiger partial charge in [-0.1, -0.05) is 115 Å². The van der Waals surface area contributed by atoms with Crippen molar-refractivity contribution in [3.63, 3.8) is 0 Å². The Kier molecular flexibility index (Phi) is 5.77. The second-order valence-electron chi connectivity index (χ2n) is 14.1. The van der Waals surface area contributed by atoms with Crippen molar-refractivity contribution in [2.75, 3.05) is 4.90 Å². The Morgan fingerprint density at radius 1 is 0.396 bits per heavy atom. The molecule has 0 saturated carbocycles. The van der Waals surface area contributed by atoms with Crippen LogP contribution >= 0.6 is 0 Å². The molecule has 12 rings (SSSR count). The van der Waals surface area contributed by atoms with Crippen molar-refractivity contribution in [3.8, 4) is 16.8 Å². The van der Waals surface area contributed by atoms with E-state index in [0.29, 0.717) is 0 Å². The Hall–Kier alpha value is -7.10. The zero-order valence-corrected chi connectivity index (χ0v) is 28.6. The fourth-order valence-corrected chi connectivity index (χ4v) is 8.96. The molecule has 0 aliphatic heterocycles. The maximum absolute atomic E-state index is 6.78. The van der Waals surface area contributed by atoms with Gasteiger partial charge in [-0.3, -0.25) is 0 Å². The lowest BCUT2D eigenvalue weighted by molar-refractivity contribution is 0.671. The summed E-state index contributed by atoms with van der Waals surface area (Å²) >= 11 is 0. The average molecular weight is 675 g/mol. The second-order valence-corrected chi connectivity index (χ2v) is 14.1. The molecule has 0 saturated heterocycles. The lowest BCUT2D eigenvalue weighted by atomic mass is 9.89. The second kappa shape index (κ2) is 10.7. The topological polar surface area (TPSA) is 21.3 Å². The highest BCUT2D eigenvalue weighted by Gasteiger charge is 2.26. The van der Waals surface area contributed by atoms with Crippen molar-refractivity contribution in [1.82, 2.24) is 4.57 Å². The summed E-state index contributed by atoms with van der Waals surface area (Å²) in [6.07, 6.45) is 0. The fourth-order valence-electron chi connectivity index (χ4n) is 8.96. The lowest BCUT2D eigenvalue weighted by Gasteiger charge is -2.25.